The predicted octanol–water partition coefficient (Wildman–Crippen LogP) is 2.32. The normalized spacial score (nSPS) is 11.5. The molecule has 0 saturated carbocycles. The van der Waals surface area contributed by atoms with Crippen LogP contribution >= 0.6 is 0 Å². The van der Waals surface area contributed by atoms with Gasteiger partial charge in [-0.3, -0.25) is 4.68 Å². The minimum Gasteiger partial charge on any atom is -0.380 e. The van der Waals surface area contributed by atoms with E-state index in [2.05, 4.69) is 42.8 Å². The number of likely N-dealkylation sites (N-methyl/N-ethyl adjacent to an activating group) is 1. The van der Waals surface area contributed by atoms with Crippen molar-refractivity contribution in [2.45, 2.75) is 47.1 Å². The average molecular weight is 267 g/mol. The largest absolute Gasteiger partial charge is 0.380 e. The summed E-state index contributed by atoms with van der Waals surface area (Å²) in [5.41, 5.74) is 3.80. The first-order valence-corrected chi connectivity index (χ1v) is 7.31. The van der Waals surface area contributed by atoms with Gasteiger partial charge in [-0.25, -0.2) is 0 Å². The fraction of sp³-hybridized carbons (Fsp3) is 0.800. The lowest BCUT2D eigenvalue weighted by Crippen LogP contribution is -2.12. The quantitative estimate of drug-likeness (QED) is 0.698. The number of nitrogens with zero attached hydrogens (tertiary/aromatic N) is 2. The number of nitrogens with one attached hydrogen (secondary N) is 1. The molecule has 1 aromatic heterocycles. The highest BCUT2D eigenvalue weighted by Crippen LogP contribution is 2.13. The summed E-state index contributed by atoms with van der Waals surface area (Å²) < 4.78 is 7.74. The molecule has 4 nitrogen and oxygen atoms in total. The molecule has 0 unspecified atom stereocenters. The van der Waals surface area contributed by atoms with Crippen molar-refractivity contribution in [3.8, 4) is 0 Å². The zero-order chi connectivity index (χ0) is 14.3. The number of rotatable bonds is 9. The second-order valence-corrected chi connectivity index (χ2v) is 5.52. The molecule has 0 spiro atoms. The SMILES string of the molecule is CNCCc1c(C)nn(CCOCCC(C)C)c1C. The van der Waals surface area contributed by atoms with Gasteiger partial charge >= 0.3 is 0 Å². The fourth-order valence-electron chi connectivity index (χ4n) is 2.14. The molecule has 0 saturated heterocycles. The Morgan fingerprint density at radius 3 is 2.63 bits per heavy atom. The van der Waals surface area contributed by atoms with Crippen LogP contribution in [0.4, 0.5) is 0 Å². The Morgan fingerprint density at radius 2 is 2.00 bits per heavy atom. The van der Waals surface area contributed by atoms with E-state index in [0.717, 1.165) is 44.8 Å². The number of ether oxygens (including phenoxy) is 1. The van der Waals surface area contributed by atoms with Crippen molar-refractivity contribution in [2.75, 3.05) is 26.8 Å². The van der Waals surface area contributed by atoms with Crippen LogP contribution in [0, 0.1) is 19.8 Å². The average Bonchev–Trinajstić information content (AvgIpc) is 2.62. The molecule has 0 atom stereocenters. The van der Waals surface area contributed by atoms with Crippen molar-refractivity contribution >= 4 is 0 Å². The van der Waals surface area contributed by atoms with E-state index >= 15 is 0 Å². The van der Waals surface area contributed by atoms with E-state index in [1.807, 2.05) is 7.05 Å². The highest BCUT2D eigenvalue weighted by molar-refractivity contribution is 5.24. The zero-order valence-electron chi connectivity index (χ0n) is 13.1. The van der Waals surface area contributed by atoms with Gasteiger partial charge in [-0.2, -0.15) is 5.10 Å². The fourth-order valence-corrected chi connectivity index (χ4v) is 2.14. The van der Waals surface area contributed by atoms with Gasteiger partial charge in [0, 0.05) is 12.3 Å². The van der Waals surface area contributed by atoms with E-state index in [-0.39, 0.29) is 0 Å². The van der Waals surface area contributed by atoms with Gasteiger partial charge in [0.15, 0.2) is 0 Å². The minimum atomic E-state index is 0.710. The van der Waals surface area contributed by atoms with Crippen LogP contribution in [-0.2, 0) is 17.7 Å². The van der Waals surface area contributed by atoms with Crippen molar-refractivity contribution in [1.82, 2.24) is 15.1 Å². The standard InChI is InChI=1S/C15H29N3O/c1-12(2)7-10-19-11-9-18-14(4)15(6-8-16-5)13(3)17-18/h12,16H,6-11H2,1-5H3. The van der Waals surface area contributed by atoms with E-state index in [0.29, 0.717) is 5.92 Å². The molecule has 4 heteroatoms. The lowest BCUT2D eigenvalue weighted by Gasteiger charge is -2.08. The van der Waals surface area contributed by atoms with E-state index in [9.17, 15) is 0 Å². The highest BCUT2D eigenvalue weighted by atomic mass is 16.5. The molecule has 1 rings (SSSR count). The summed E-state index contributed by atoms with van der Waals surface area (Å²) in [6, 6.07) is 0. The van der Waals surface area contributed by atoms with E-state index < -0.39 is 0 Å². The predicted molar refractivity (Wildman–Crippen MR) is 79.6 cm³/mol. The van der Waals surface area contributed by atoms with Gasteiger partial charge in [0.25, 0.3) is 0 Å². The number of aryl methyl sites for hydroxylation is 1. The van der Waals surface area contributed by atoms with Gasteiger partial charge in [0.2, 0.25) is 0 Å². The van der Waals surface area contributed by atoms with Gasteiger partial charge in [0.05, 0.1) is 18.8 Å². The molecule has 0 aromatic carbocycles. The third-order valence-electron chi connectivity index (χ3n) is 3.44. The molecule has 1 aromatic rings. The molecule has 1 heterocycles. The van der Waals surface area contributed by atoms with E-state index in [1.54, 1.807) is 0 Å². The van der Waals surface area contributed by atoms with Crippen molar-refractivity contribution in [3.05, 3.63) is 17.0 Å². The Bertz CT molecular complexity index is 372. The molecule has 0 fully saturated rings. The zero-order valence-corrected chi connectivity index (χ0v) is 13.1. The summed E-state index contributed by atoms with van der Waals surface area (Å²) in [6.07, 6.45) is 2.17. The summed E-state index contributed by atoms with van der Waals surface area (Å²) in [4.78, 5) is 0. The van der Waals surface area contributed by atoms with Crippen molar-refractivity contribution < 1.29 is 4.74 Å². The molecule has 0 aliphatic carbocycles. The molecule has 0 amide bonds. The maximum absolute atomic E-state index is 5.66. The maximum atomic E-state index is 5.66. The topological polar surface area (TPSA) is 39.1 Å². The van der Waals surface area contributed by atoms with Crippen LogP contribution in [0.5, 0.6) is 0 Å². The lowest BCUT2D eigenvalue weighted by molar-refractivity contribution is 0.113. The molecule has 0 aliphatic heterocycles. The first-order valence-electron chi connectivity index (χ1n) is 7.31. The number of hydrogen-bond acceptors (Lipinski definition) is 3. The molecular weight excluding hydrogens is 238 g/mol. The van der Waals surface area contributed by atoms with Gasteiger partial charge in [-0.15, -0.1) is 0 Å². The van der Waals surface area contributed by atoms with Crippen LogP contribution in [0.3, 0.4) is 0 Å². The summed E-state index contributed by atoms with van der Waals surface area (Å²) in [7, 11) is 1.98. The molecule has 1 N–H and O–H groups in total. The minimum absolute atomic E-state index is 0.710. The lowest BCUT2D eigenvalue weighted by atomic mass is 10.1. The van der Waals surface area contributed by atoms with Gasteiger partial charge in [-0.05, 0) is 51.8 Å². The molecule has 0 radical (unpaired) electrons. The van der Waals surface area contributed by atoms with Crippen LogP contribution in [0.2, 0.25) is 0 Å². The van der Waals surface area contributed by atoms with E-state index in [4.69, 9.17) is 4.74 Å². The van der Waals surface area contributed by atoms with Gasteiger partial charge in [-0.1, -0.05) is 13.8 Å². The number of aromatic nitrogens is 2. The first kappa shape index (κ1) is 16.2. The Kier molecular flexibility index (Phi) is 7.10. The summed E-state index contributed by atoms with van der Waals surface area (Å²) in [5, 5.41) is 7.79. The van der Waals surface area contributed by atoms with Crippen molar-refractivity contribution in [1.29, 1.82) is 0 Å². The van der Waals surface area contributed by atoms with Crippen LogP contribution in [0.15, 0.2) is 0 Å². The molecule has 110 valence electrons. The summed E-state index contributed by atoms with van der Waals surface area (Å²) in [5.74, 6) is 0.710. The Balaban J connectivity index is 2.41. The highest BCUT2D eigenvalue weighted by Gasteiger charge is 2.10. The van der Waals surface area contributed by atoms with Crippen molar-refractivity contribution in [2.24, 2.45) is 5.92 Å². The van der Waals surface area contributed by atoms with Gasteiger partial charge in [0.1, 0.15) is 0 Å². The second kappa shape index (κ2) is 8.33. The summed E-state index contributed by atoms with van der Waals surface area (Å²) >= 11 is 0. The van der Waals surface area contributed by atoms with Crippen LogP contribution in [0.25, 0.3) is 0 Å². The second-order valence-electron chi connectivity index (χ2n) is 5.52. The Labute approximate surface area is 117 Å². The van der Waals surface area contributed by atoms with Crippen LogP contribution in [0.1, 0.15) is 37.2 Å². The molecular formula is C15H29N3O. The third kappa shape index (κ3) is 5.33. The molecule has 19 heavy (non-hydrogen) atoms. The Morgan fingerprint density at radius 1 is 1.26 bits per heavy atom. The smallest absolute Gasteiger partial charge is 0.0662 e. The third-order valence-corrected chi connectivity index (χ3v) is 3.44. The van der Waals surface area contributed by atoms with E-state index in [1.165, 1.54) is 11.3 Å². The molecule has 0 bridgehead atoms. The van der Waals surface area contributed by atoms with Crippen LogP contribution < -0.4 is 5.32 Å². The van der Waals surface area contributed by atoms with Gasteiger partial charge < -0.3 is 10.1 Å². The van der Waals surface area contributed by atoms with Crippen LogP contribution in [-0.4, -0.2) is 36.6 Å². The first-order chi connectivity index (χ1) is 9.06. The van der Waals surface area contributed by atoms with Crippen molar-refractivity contribution in [3.63, 3.8) is 0 Å². The monoisotopic (exact) mass is 267 g/mol. The summed E-state index contributed by atoms with van der Waals surface area (Å²) in [6.45, 7) is 12.1. The Hall–Kier alpha value is -0.870. The maximum Gasteiger partial charge on any atom is 0.0662 e. The molecule has 0 aliphatic rings. The number of hydrogen-bond donors (Lipinski definition) is 1.